The number of ether oxygens (including phenoxy) is 2. The highest BCUT2D eigenvalue weighted by molar-refractivity contribution is 7.90. The van der Waals surface area contributed by atoms with E-state index in [2.05, 4.69) is 15.5 Å². The van der Waals surface area contributed by atoms with E-state index in [0.717, 1.165) is 26.3 Å². The number of rotatable bonds is 8. The Kier molecular flexibility index (Phi) is 9.28. The molecule has 1 unspecified atom stereocenters. The van der Waals surface area contributed by atoms with Gasteiger partial charge in [0.2, 0.25) is 0 Å². The van der Waals surface area contributed by atoms with Gasteiger partial charge in [0.1, 0.15) is 26.6 Å². The Hall–Kier alpha value is -2.77. The van der Waals surface area contributed by atoms with Crippen LogP contribution in [0.5, 0.6) is 0 Å². The SMILES string of the molecule is Cc1c(CC(CS(C)(=O)=O)NC(=O)OC(C)(C)C)sc2c(N(Cc3cccs3)C(=O)OC(C)(C)C)cnnc12. The molecule has 0 fully saturated rings. The van der Waals surface area contributed by atoms with Crippen molar-refractivity contribution in [2.75, 3.05) is 16.9 Å². The molecule has 0 spiro atoms. The summed E-state index contributed by atoms with van der Waals surface area (Å²) in [6.07, 6.45) is 1.69. The van der Waals surface area contributed by atoms with Crippen molar-refractivity contribution in [2.45, 2.75) is 78.7 Å². The molecule has 214 valence electrons. The van der Waals surface area contributed by atoms with Gasteiger partial charge in [0.05, 0.1) is 34.9 Å². The minimum absolute atomic E-state index is 0.232. The molecular formula is C26H36N4O6S3. The summed E-state index contributed by atoms with van der Waals surface area (Å²) in [5, 5.41) is 13.1. The standard InChI is InChI=1S/C26H36N4O6S3/c1-16-20(12-17(15-39(8,33)34)28-23(31)35-25(2,3)4)38-22-19(13-27-29-21(16)22)30(14-18-10-9-11-37-18)24(32)36-26(5,6)7/h9-11,13,17H,12,14-15H2,1-8H3,(H,28,31). The number of anilines is 1. The number of hydrogen-bond donors (Lipinski definition) is 1. The quantitative estimate of drug-likeness (QED) is 0.362. The Bertz CT molecular complexity index is 1420. The summed E-state index contributed by atoms with van der Waals surface area (Å²) >= 11 is 2.91. The largest absolute Gasteiger partial charge is 0.444 e. The number of carbonyl (C=O) groups is 2. The van der Waals surface area contributed by atoms with E-state index in [9.17, 15) is 18.0 Å². The number of aromatic nitrogens is 2. The van der Waals surface area contributed by atoms with E-state index in [1.54, 1.807) is 25.7 Å². The second kappa shape index (κ2) is 11.8. The van der Waals surface area contributed by atoms with E-state index in [0.29, 0.717) is 11.2 Å². The van der Waals surface area contributed by atoms with Gasteiger partial charge in [-0.25, -0.2) is 18.0 Å². The summed E-state index contributed by atoms with van der Waals surface area (Å²) in [7, 11) is -3.42. The number of carbonyl (C=O) groups excluding carboxylic acids is 2. The van der Waals surface area contributed by atoms with Crippen LogP contribution in [0.25, 0.3) is 10.2 Å². The van der Waals surface area contributed by atoms with Gasteiger partial charge < -0.3 is 14.8 Å². The van der Waals surface area contributed by atoms with E-state index < -0.39 is 39.3 Å². The van der Waals surface area contributed by atoms with E-state index in [-0.39, 0.29) is 18.7 Å². The number of aryl methyl sites for hydroxylation is 1. The van der Waals surface area contributed by atoms with Crippen LogP contribution in [0.1, 0.15) is 56.9 Å². The Morgan fingerprint density at radius 1 is 1.13 bits per heavy atom. The van der Waals surface area contributed by atoms with Gasteiger partial charge in [0.25, 0.3) is 0 Å². The molecule has 0 radical (unpaired) electrons. The number of nitrogens with one attached hydrogen (secondary N) is 1. The Morgan fingerprint density at radius 3 is 2.36 bits per heavy atom. The molecule has 13 heteroatoms. The van der Waals surface area contributed by atoms with Crippen LogP contribution < -0.4 is 10.2 Å². The fraction of sp³-hybridized carbons (Fsp3) is 0.538. The third-order valence-corrected chi connectivity index (χ3v) is 8.43. The molecule has 0 bridgehead atoms. The number of fused-ring (bicyclic) bond motifs is 1. The summed E-state index contributed by atoms with van der Waals surface area (Å²) in [5.41, 5.74) is 0.511. The zero-order valence-corrected chi connectivity index (χ0v) is 26.0. The number of thiophene rings is 2. The minimum atomic E-state index is -3.42. The second-order valence-corrected chi connectivity index (χ2v) is 15.7. The molecule has 3 heterocycles. The van der Waals surface area contributed by atoms with Gasteiger partial charge in [-0.15, -0.1) is 27.8 Å². The maximum Gasteiger partial charge on any atom is 0.415 e. The van der Waals surface area contributed by atoms with Crippen LogP contribution in [0.15, 0.2) is 23.7 Å². The minimum Gasteiger partial charge on any atom is -0.444 e. The van der Waals surface area contributed by atoms with Crippen molar-refractivity contribution < 1.29 is 27.5 Å². The van der Waals surface area contributed by atoms with Gasteiger partial charge in [0.15, 0.2) is 0 Å². The Morgan fingerprint density at radius 2 is 1.79 bits per heavy atom. The number of sulfone groups is 1. The van der Waals surface area contributed by atoms with Crippen LogP contribution in [-0.2, 0) is 32.3 Å². The third-order valence-electron chi connectivity index (χ3n) is 5.24. The van der Waals surface area contributed by atoms with Crippen LogP contribution in [-0.4, -0.2) is 60.1 Å². The van der Waals surface area contributed by atoms with Crippen LogP contribution in [0, 0.1) is 6.92 Å². The maximum atomic E-state index is 13.3. The summed E-state index contributed by atoms with van der Waals surface area (Å²) in [4.78, 5) is 29.1. The molecule has 3 aromatic rings. The molecule has 0 aliphatic heterocycles. The van der Waals surface area contributed by atoms with Crippen molar-refractivity contribution in [3.63, 3.8) is 0 Å². The molecule has 0 saturated carbocycles. The first-order chi connectivity index (χ1) is 17.9. The van der Waals surface area contributed by atoms with Crippen molar-refractivity contribution >= 4 is 60.6 Å². The van der Waals surface area contributed by atoms with Gasteiger partial charge in [-0.1, -0.05) is 6.07 Å². The van der Waals surface area contributed by atoms with Crippen molar-refractivity contribution in [1.29, 1.82) is 0 Å². The van der Waals surface area contributed by atoms with Crippen LogP contribution in [0.4, 0.5) is 15.3 Å². The fourth-order valence-electron chi connectivity index (χ4n) is 3.77. The predicted octanol–water partition coefficient (Wildman–Crippen LogP) is 5.48. The van der Waals surface area contributed by atoms with Crippen LogP contribution in [0.2, 0.25) is 0 Å². The fourth-order valence-corrected chi connectivity index (χ4v) is 6.73. The van der Waals surface area contributed by atoms with Gasteiger partial charge in [-0.2, -0.15) is 5.10 Å². The molecular weight excluding hydrogens is 561 g/mol. The predicted molar refractivity (Wildman–Crippen MR) is 155 cm³/mol. The lowest BCUT2D eigenvalue weighted by Crippen LogP contribution is -2.43. The van der Waals surface area contributed by atoms with Crippen molar-refractivity contribution in [3.8, 4) is 0 Å². The monoisotopic (exact) mass is 596 g/mol. The molecule has 0 aromatic carbocycles. The lowest BCUT2D eigenvalue weighted by atomic mass is 10.1. The molecule has 2 amide bonds. The maximum absolute atomic E-state index is 13.3. The highest BCUT2D eigenvalue weighted by atomic mass is 32.2. The normalized spacial score (nSPS) is 13.2. The summed E-state index contributed by atoms with van der Waals surface area (Å²) in [6.45, 7) is 12.8. The second-order valence-electron chi connectivity index (χ2n) is 11.3. The third kappa shape index (κ3) is 9.14. The molecule has 3 rings (SSSR count). The first-order valence-corrected chi connectivity index (χ1v) is 16.1. The lowest BCUT2D eigenvalue weighted by molar-refractivity contribution is 0.0507. The van der Waals surface area contributed by atoms with E-state index in [1.807, 2.05) is 45.2 Å². The molecule has 1 atom stereocenters. The van der Waals surface area contributed by atoms with E-state index >= 15 is 0 Å². The van der Waals surface area contributed by atoms with Gasteiger partial charge in [-0.3, -0.25) is 4.90 Å². The summed E-state index contributed by atoms with van der Waals surface area (Å²) in [6, 6.07) is 3.13. The van der Waals surface area contributed by atoms with E-state index in [1.165, 1.54) is 28.9 Å². The highest BCUT2D eigenvalue weighted by Gasteiger charge is 2.29. The summed E-state index contributed by atoms with van der Waals surface area (Å²) < 4.78 is 36.1. The van der Waals surface area contributed by atoms with Gasteiger partial charge in [-0.05, 0) is 65.5 Å². The number of amides is 2. The first kappa shape index (κ1) is 30.8. The van der Waals surface area contributed by atoms with Crippen LogP contribution in [0.3, 0.4) is 0 Å². The van der Waals surface area contributed by atoms with Crippen molar-refractivity contribution in [2.24, 2.45) is 0 Å². The van der Waals surface area contributed by atoms with Gasteiger partial charge in [0, 0.05) is 22.4 Å². The molecule has 0 aliphatic carbocycles. The molecule has 0 aliphatic rings. The lowest BCUT2D eigenvalue weighted by Gasteiger charge is -2.27. The zero-order chi connectivity index (χ0) is 29.2. The molecule has 0 saturated heterocycles. The topological polar surface area (TPSA) is 128 Å². The molecule has 3 aromatic heterocycles. The highest BCUT2D eigenvalue weighted by Crippen LogP contribution is 2.37. The number of hydrogen-bond acceptors (Lipinski definition) is 10. The molecule has 39 heavy (non-hydrogen) atoms. The average Bonchev–Trinajstić information content (AvgIpc) is 3.36. The first-order valence-electron chi connectivity index (χ1n) is 12.4. The molecule has 10 nitrogen and oxygen atoms in total. The number of alkyl carbamates (subject to hydrolysis) is 1. The van der Waals surface area contributed by atoms with E-state index in [4.69, 9.17) is 9.47 Å². The van der Waals surface area contributed by atoms with Crippen molar-refractivity contribution in [1.82, 2.24) is 15.5 Å². The average molecular weight is 597 g/mol. The van der Waals surface area contributed by atoms with Crippen LogP contribution >= 0.6 is 22.7 Å². The Labute approximate surface area is 237 Å². The summed E-state index contributed by atoms with van der Waals surface area (Å²) in [5.74, 6) is -0.263. The Balaban J connectivity index is 2.01. The zero-order valence-electron chi connectivity index (χ0n) is 23.5. The van der Waals surface area contributed by atoms with Gasteiger partial charge >= 0.3 is 12.2 Å². The molecule has 1 N–H and O–H groups in total. The van der Waals surface area contributed by atoms with Crippen molar-refractivity contribution in [3.05, 3.63) is 39.0 Å². The smallest absolute Gasteiger partial charge is 0.415 e. The number of nitrogens with zero attached hydrogens (tertiary/aromatic N) is 3.